The molecule has 1 N–H and O–H groups in total. The molecular weight excluding hydrogens is 123 g/mol. The topological polar surface area (TPSA) is 20.2 Å². The van der Waals surface area contributed by atoms with E-state index in [4.69, 9.17) is 5.11 Å². The van der Waals surface area contributed by atoms with Crippen LogP contribution in [0, 0.1) is 0 Å². The monoisotopic (exact) mass is 131 g/mol. The molecule has 0 saturated heterocycles. The Morgan fingerprint density at radius 2 is 1.67 bits per heavy atom. The van der Waals surface area contributed by atoms with Crippen molar-refractivity contribution in [2.75, 3.05) is 0 Å². The van der Waals surface area contributed by atoms with Gasteiger partial charge < -0.3 is 5.11 Å². The summed E-state index contributed by atoms with van der Waals surface area (Å²) in [4.78, 5) is 0. The van der Waals surface area contributed by atoms with Gasteiger partial charge in [-0.3, -0.25) is 0 Å². The number of aliphatic hydroxyl groups is 1. The molecule has 0 aromatic heterocycles. The molecule has 1 aromatic rings. The van der Waals surface area contributed by atoms with E-state index in [1.165, 1.54) is 0 Å². The van der Waals surface area contributed by atoms with Crippen LogP contribution < -0.4 is 0 Å². The molecular formula is C7H8NaO. The van der Waals surface area contributed by atoms with Crippen LogP contribution in [0.2, 0.25) is 0 Å². The molecule has 0 aliphatic carbocycles. The first-order chi connectivity index (χ1) is 3.93. The van der Waals surface area contributed by atoms with Gasteiger partial charge in [0.15, 0.2) is 0 Å². The van der Waals surface area contributed by atoms with E-state index in [9.17, 15) is 0 Å². The van der Waals surface area contributed by atoms with E-state index in [1.807, 2.05) is 30.3 Å². The predicted octanol–water partition coefficient (Wildman–Crippen LogP) is 0.798. The second-order valence-electron chi connectivity index (χ2n) is 1.64. The fraction of sp³-hybridized carbons (Fsp3) is 0.143. The minimum atomic E-state index is 0. The van der Waals surface area contributed by atoms with Crippen molar-refractivity contribution >= 4 is 29.6 Å². The van der Waals surface area contributed by atoms with Gasteiger partial charge in [-0.25, -0.2) is 0 Å². The van der Waals surface area contributed by atoms with Crippen molar-refractivity contribution < 1.29 is 5.11 Å². The summed E-state index contributed by atoms with van der Waals surface area (Å²) in [5.41, 5.74) is 0.965. The molecule has 0 aliphatic rings. The largest absolute Gasteiger partial charge is 0.392 e. The number of hydrogen-bond donors (Lipinski definition) is 1. The number of aliphatic hydroxyl groups excluding tert-OH is 1. The summed E-state index contributed by atoms with van der Waals surface area (Å²) in [5, 5.41) is 8.54. The van der Waals surface area contributed by atoms with Gasteiger partial charge in [-0.05, 0) is 5.56 Å². The average molecular weight is 131 g/mol. The third-order valence-corrected chi connectivity index (χ3v) is 1.03. The van der Waals surface area contributed by atoms with Gasteiger partial charge in [0, 0.05) is 29.6 Å². The summed E-state index contributed by atoms with van der Waals surface area (Å²) in [5.74, 6) is 0. The molecule has 1 radical (unpaired) electrons. The van der Waals surface area contributed by atoms with Gasteiger partial charge in [-0.2, -0.15) is 0 Å². The van der Waals surface area contributed by atoms with E-state index in [-0.39, 0.29) is 36.2 Å². The van der Waals surface area contributed by atoms with E-state index in [0.29, 0.717) is 0 Å². The molecule has 1 rings (SSSR count). The van der Waals surface area contributed by atoms with E-state index in [1.54, 1.807) is 0 Å². The van der Waals surface area contributed by atoms with Crippen molar-refractivity contribution in [3.63, 3.8) is 0 Å². The summed E-state index contributed by atoms with van der Waals surface area (Å²) < 4.78 is 0. The molecule has 0 aliphatic heterocycles. The molecule has 9 heavy (non-hydrogen) atoms. The van der Waals surface area contributed by atoms with Crippen LogP contribution in [0.4, 0.5) is 0 Å². The van der Waals surface area contributed by atoms with Crippen LogP contribution in [0.25, 0.3) is 0 Å². The molecule has 0 bridgehead atoms. The molecule has 0 amide bonds. The van der Waals surface area contributed by atoms with E-state index < -0.39 is 0 Å². The Hall–Kier alpha value is 0.180. The summed E-state index contributed by atoms with van der Waals surface area (Å²) >= 11 is 0. The number of benzene rings is 1. The van der Waals surface area contributed by atoms with E-state index in [2.05, 4.69) is 0 Å². The standard InChI is InChI=1S/C7H8O.Na/c8-6-7-4-2-1-3-5-7;/h1-5,8H,6H2;. The smallest absolute Gasteiger partial charge is 0.0681 e. The Morgan fingerprint density at radius 1 is 1.11 bits per heavy atom. The third-order valence-electron chi connectivity index (χ3n) is 1.03. The zero-order valence-electron chi connectivity index (χ0n) is 5.54. The SMILES string of the molecule is OCc1ccccc1.[Na]. The summed E-state index contributed by atoms with van der Waals surface area (Å²) in [6, 6.07) is 9.52. The molecule has 0 atom stereocenters. The number of hydrogen-bond acceptors (Lipinski definition) is 1. The van der Waals surface area contributed by atoms with Gasteiger partial charge in [-0.1, -0.05) is 30.3 Å². The molecule has 0 fully saturated rings. The van der Waals surface area contributed by atoms with Crippen molar-refractivity contribution in [3.05, 3.63) is 35.9 Å². The predicted molar refractivity (Wildman–Crippen MR) is 38.1 cm³/mol. The zero-order chi connectivity index (χ0) is 5.82. The fourth-order valence-electron chi connectivity index (χ4n) is 0.583. The summed E-state index contributed by atoms with van der Waals surface area (Å²) in [7, 11) is 0. The molecule has 0 saturated carbocycles. The number of rotatable bonds is 1. The first-order valence-electron chi connectivity index (χ1n) is 2.58. The van der Waals surface area contributed by atoms with Gasteiger partial charge in [0.2, 0.25) is 0 Å². The van der Waals surface area contributed by atoms with Gasteiger partial charge in [-0.15, -0.1) is 0 Å². The van der Waals surface area contributed by atoms with Crippen LogP contribution in [-0.2, 0) is 6.61 Å². The van der Waals surface area contributed by atoms with Crippen LogP contribution in [0.5, 0.6) is 0 Å². The quantitative estimate of drug-likeness (QED) is 0.559. The first kappa shape index (κ1) is 9.18. The Morgan fingerprint density at radius 3 is 2.00 bits per heavy atom. The summed E-state index contributed by atoms with van der Waals surface area (Å²) in [6.45, 7) is 0.140. The molecule has 1 nitrogen and oxygen atoms in total. The van der Waals surface area contributed by atoms with Gasteiger partial charge in [0.1, 0.15) is 0 Å². The Balaban J connectivity index is 0.000000640. The third kappa shape index (κ3) is 3.01. The van der Waals surface area contributed by atoms with Crippen molar-refractivity contribution in [2.24, 2.45) is 0 Å². The van der Waals surface area contributed by atoms with Crippen LogP contribution in [-0.4, -0.2) is 34.7 Å². The van der Waals surface area contributed by atoms with Crippen molar-refractivity contribution in [1.82, 2.24) is 0 Å². The minimum Gasteiger partial charge on any atom is -0.392 e. The van der Waals surface area contributed by atoms with Crippen molar-refractivity contribution in [1.29, 1.82) is 0 Å². The molecule has 0 spiro atoms. The maximum Gasteiger partial charge on any atom is 0.0681 e. The maximum atomic E-state index is 8.54. The van der Waals surface area contributed by atoms with Crippen LogP contribution >= 0.6 is 0 Å². The van der Waals surface area contributed by atoms with E-state index >= 15 is 0 Å². The second kappa shape index (κ2) is 5.00. The Bertz CT molecular complexity index is 150. The Labute approximate surface area is 77.0 Å². The molecule has 2 heteroatoms. The average Bonchev–Trinajstić information content (AvgIpc) is 1.90. The maximum absolute atomic E-state index is 8.54. The van der Waals surface area contributed by atoms with Gasteiger partial charge in [0.25, 0.3) is 0 Å². The molecule has 0 unspecified atom stereocenters. The van der Waals surface area contributed by atoms with E-state index in [0.717, 1.165) is 5.56 Å². The zero-order valence-corrected chi connectivity index (χ0v) is 7.54. The molecule has 1 aromatic carbocycles. The second-order valence-corrected chi connectivity index (χ2v) is 1.64. The minimum absolute atomic E-state index is 0. The van der Waals surface area contributed by atoms with Crippen molar-refractivity contribution in [2.45, 2.75) is 6.61 Å². The summed E-state index contributed by atoms with van der Waals surface area (Å²) in [6.07, 6.45) is 0. The normalized spacial score (nSPS) is 8.11. The first-order valence-corrected chi connectivity index (χ1v) is 2.58. The van der Waals surface area contributed by atoms with Crippen molar-refractivity contribution in [3.8, 4) is 0 Å². The van der Waals surface area contributed by atoms with Crippen LogP contribution in [0.3, 0.4) is 0 Å². The van der Waals surface area contributed by atoms with Crippen LogP contribution in [0.1, 0.15) is 5.56 Å². The fourth-order valence-corrected chi connectivity index (χ4v) is 0.583. The molecule has 43 valence electrons. The Kier molecular flexibility index (Phi) is 5.10. The molecule has 0 heterocycles. The van der Waals surface area contributed by atoms with Gasteiger partial charge in [0.05, 0.1) is 6.61 Å². The van der Waals surface area contributed by atoms with Crippen LogP contribution in [0.15, 0.2) is 30.3 Å². The van der Waals surface area contributed by atoms with Gasteiger partial charge >= 0.3 is 0 Å².